The highest BCUT2D eigenvalue weighted by Crippen LogP contribution is 2.41. The van der Waals surface area contributed by atoms with Crippen LogP contribution in [-0.4, -0.2) is 107 Å². The van der Waals surface area contributed by atoms with E-state index in [4.69, 9.17) is 11.5 Å². The van der Waals surface area contributed by atoms with Crippen molar-refractivity contribution in [1.29, 1.82) is 0 Å². The van der Waals surface area contributed by atoms with Crippen LogP contribution >= 0.6 is 34.9 Å². The van der Waals surface area contributed by atoms with Gasteiger partial charge >= 0.3 is 5.97 Å². The van der Waals surface area contributed by atoms with Crippen LogP contribution in [-0.2, 0) is 27.3 Å². The fourth-order valence-corrected chi connectivity index (χ4v) is 7.56. The minimum absolute atomic E-state index is 0.000917. The summed E-state index contributed by atoms with van der Waals surface area (Å²) >= 11 is 3.98. The van der Waals surface area contributed by atoms with Crippen LogP contribution in [0.3, 0.4) is 0 Å². The summed E-state index contributed by atoms with van der Waals surface area (Å²) in [5, 5.41) is 26.4. The van der Waals surface area contributed by atoms with Crippen LogP contribution in [0.2, 0.25) is 0 Å². The maximum atomic E-state index is 12.8. The van der Waals surface area contributed by atoms with Gasteiger partial charge in [0.1, 0.15) is 17.1 Å². The molecule has 0 bridgehead atoms. The number of nitrogen functional groups attached to an aromatic ring is 1. The summed E-state index contributed by atoms with van der Waals surface area (Å²) in [6.45, 7) is 1.36. The Morgan fingerprint density at radius 3 is 2.63 bits per heavy atom. The average Bonchev–Trinajstić information content (AvgIpc) is 3.57. The van der Waals surface area contributed by atoms with Crippen LogP contribution in [0.4, 0.5) is 5.13 Å². The van der Waals surface area contributed by atoms with Gasteiger partial charge in [0.25, 0.3) is 5.91 Å². The molecule has 2 aromatic rings. The minimum Gasteiger partial charge on any atom is -0.477 e. The molecule has 14 nitrogen and oxygen atoms in total. The van der Waals surface area contributed by atoms with E-state index in [2.05, 4.69) is 25.8 Å². The lowest BCUT2D eigenvalue weighted by Crippen LogP contribution is -2.70. The largest absolute Gasteiger partial charge is 0.477 e. The molecule has 2 amide bonds. The van der Waals surface area contributed by atoms with Crippen molar-refractivity contribution in [2.45, 2.75) is 67.7 Å². The number of aliphatic carboxylic acids is 1. The predicted octanol–water partition coefficient (Wildman–Crippen LogP) is 0.625. The van der Waals surface area contributed by atoms with Gasteiger partial charge in [-0.05, 0) is 42.9 Å². The lowest BCUT2D eigenvalue weighted by Gasteiger charge is -2.49. The number of nitrogens with zero attached hydrogens (tertiary/aromatic N) is 7. The molecule has 17 heteroatoms. The van der Waals surface area contributed by atoms with E-state index in [1.165, 1.54) is 71.9 Å². The minimum atomic E-state index is -1.18. The number of carbonyl (C=O) groups excluding carboxylic acids is 2. The lowest BCUT2D eigenvalue weighted by atomic mass is 9.97. The monoisotopic (exact) mass is 624 g/mol. The Morgan fingerprint density at radius 1 is 1.27 bits per heavy atom. The van der Waals surface area contributed by atoms with E-state index in [1.54, 1.807) is 10.1 Å². The van der Waals surface area contributed by atoms with E-state index < -0.39 is 23.3 Å². The molecule has 5 rings (SSSR count). The van der Waals surface area contributed by atoms with Crippen molar-refractivity contribution in [3.8, 4) is 0 Å². The summed E-state index contributed by atoms with van der Waals surface area (Å²) in [4.78, 5) is 44.5. The molecule has 3 aliphatic rings. The van der Waals surface area contributed by atoms with Gasteiger partial charge in [0.05, 0.1) is 18.7 Å². The standard InChI is InChI=1S/C18H23N9O4S3.C6H13N/c1-25(2)3-4-26-18(22-23-24-26)34-7-9-6-32-15-12(14(29)27(15)13(9)16(30)31)21-11(28)5-10-8-33-17(19)20-10;7-6-4-2-1-3-5-6/h8,12,15H,3-7H2,1-2H3,(H2,19,20)(H,21,28)(H,30,31);6H,1-5,7H2/t12-,15-;/m1./s1. The van der Waals surface area contributed by atoms with Gasteiger partial charge in [-0.15, -0.1) is 28.2 Å². The van der Waals surface area contributed by atoms with E-state index in [9.17, 15) is 19.5 Å². The van der Waals surface area contributed by atoms with Crippen LogP contribution in [0, 0.1) is 0 Å². The third kappa shape index (κ3) is 8.18. The maximum absolute atomic E-state index is 12.8. The molecule has 0 radical (unpaired) electrons. The van der Waals surface area contributed by atoms with Crippen LogP contribution in [0.5, 0.6) is 0 Å². The summed E-state index contributed by atoms with van der Waals surface area (Å²) in [6, 6.07) is -0.246. The Balaban J connectivity index is 0.000000483. The quantitative estimate of drug-likeness (QED) is 0.212. The number of β-lactam (4-membered cyclic amide) rings is 1. The summed E-state index contributed by atoms with van der Waals surface area (Å²) in [5.41, 5.74) is 12.3. The fourth-order valence-electron chi connectivity index (χ4n) is 4.61. The average molecular weight is 625 g/mol. The third-order valence-corrected chi connectivity index (χ3v) is 9.87. The van der Waals surface area contributed by atoms with Crippen LogP contribution in [0.15, 0.2) is 21.8 Å². The van der Waals surface area contributed by atoms with E-state index in [0.29, 0.717) is 45.6 Å². The number of carbonyl (C=O) groups is 3. The molecule has 41 heavy (non-hydrogen) atoms. The summed E-state index contributed by atoms with van der Waals surface area (Å²) < 4.78 is 1.67. The Kier molecular flexibility index (Phi) is 11.0. The van der Waals surface area contributed by atoms with Crippen molar-refractivity contribution >= 4 is 57.8 Å². The normalized spacial score (nSPS) is 20.8. The number of thioether (sulfide) groups is 2. The number of fused-ring (bicyclic) bond motifs is 1. The molecule has 4 heterocycles. The number of tetrazole rings is 1. The summed E-state index contributed by atoms with van der Waals surface area (Å²) in [5.74, 6) is -1.24. The van der Waals surface area contributed by atoms with E-state index in [-0.39, 0.29) is 18.0 Å². The van der Waals surface area contributed by atoms with E-state index in [1.807, 2.05) is 19.0 Å². The van der Waals surface area contributed by atoms with E-state index >= 15 is 0 Å². The molecule has 224 valence electrons. The van der Waals surface area contributed by atoms with Gasteiger partial charge in [-0.25, -0.2) is 14.5 Å². The van der Waals surface area contributed by atoms with Crippen molar-refractivity contribution in [1.82, 2.24) is 40.3 Å². The number of carboxylic acid groups (broad SMARTS) is 1. The molecule has 1 saturated heterocycles. The Morgan fingerprint density at radius 2 is 2.02 bits per heavy atom. The maximum Gasteiger partial charge on any atom is 0.352 e. The molecular formula is C24H36N10O4S3. The molecule has 2 atom stereocenters. The van der Waals surface area contributed by atoms with Gasteiger partial charge in [-0.2, -0.15) is 0 Å². The Bertz CT molecular complexity index is 1260. The second-order valence-corrected chi connectivity index (χ2v) is 13.2. The number of nitrogens with one attached hydrogen (secondary N) is 1. The van der Waals surface area contributed by atoms with Crippen molar-refractivity contribution in [2.75, 3.05) is 37.9 Å². The third-order valence-electron chi connectivity index (χ3n) is 6.76. The van der Waals surface area contributed by atoms with Gasteiger partial charge in [0.15, 0.2) is 5.13 Å². The molecule has 0 unspecified atom stereocenters. The number of carboxylic acids is 1. The molecule has 2 fully saturated rings. The first-order chi connectivity index (χ1) is 19.6. The van der Waals surface area contributed by atoms with Crippen molar-refractivity contribution in [2.24, 2.45) is 5.73 Å². The van der Waals surface area contributed by atoms with Crippen LogP contribution in [0.1, 0.15) is 37.8 Å². The molecule has 1 saturated carbocycles. The van der Waals surface area contributed by atoms with Crippen LogP contribution < -0.4 is 16.8 Å². The number of thiazole rings is 1. The second kappa shape index (κ2) is 14.4. The van der Waals surface area contributed by atoms with E-state index in [0.717, 1.165) is 6.54 Å². The first kappa shape index (κ1) is 31.2. The lowest BCUT2D eigenvalue weighted by molar-refractivity contribution is -0.150. The summed E-state index contributed by atoms with van der Waals surface area (Å²) in [7, 11) is 3.90. The van der Waals surface area contributed by atoms with Crippen LogP contribution in [0.25, 0.3) is 0 Å². The van der Waals surface area contributed by atoms with Crippen molar-refractivity contribution in [3.05, 3.63) is 22.3 Å². The molecule has 0 aromatic carbocycles. The Labute approximate surface area is 250 Å². The number of rotatable bonds is 10. The second-order valence-electron chi connectivity index (χ2n) is 10.2. The topological polar surface area (TPSA) is 198 Å². The zero-order chi connectivity index (χ0) is 29.5. The van der Waals surface area contributed by atoms with Gasteiger partial charge in [0.2, 0.25) is 11.1 Å². The number of hydrogen-bond donors (Lipinski definition) is 4. The predicted molar refractivity (Wildman–Crippen MR) is 158 cm³/mol. The first-order valence-corrected chi connectivity index (χ1v) is 16.2. The van der Waals surface area contributed by atoms with Gasteiger partial charge in [-0.1, -0.05) is 31.0 Å². The number of likely N-dealkylation sites (N-methyl/N-ethyl adjacent to an activating group) is 1. The van der Waals surface area contributed by atoms with Crippen molar-refractivity contribution < 1.29 is 19.5 Å². The molecular weight excluding hydrogens is 589 g/mol. The zero-order valence-corrected chi connectivity index (χ0v) is 25.5. The number of amides is 2. The van der Waals surface area contributed by atoms with Crippen molar-refractivity contribution in [3.63, 3.8) is 0 Å². The zero-order valence-electron chi connectivity index (χ0n) is 23.1. The highest BCUT2D eigenvalue weighted by Gasteiger charge is 2.54. The molecule has 2 aromatic heterocycles. The van der Waals surface area contributed by atoms with Gasteiger partial charge in [-0.3, -0.25) is 14.5 Å². The number of nitrogens with two attached hydrogens (primary N) is 2. The number of anilines is 1. The number of hydrogen-bond acceptors (Lipinski definition) is 13. The highest BCUT2D eigenvalue weighted by atomic mass is 32.2. The smallest absolute Gasteiger partial charge is 0.352 e. The van der Waals surface area contributed by atoms with Gasteiger partial charge < -0.3 is 26.8 Å². The first-order valence-electron chi connectivity index (χ1n) is 13.3. The fraction of sp³-hybridized carbons (Fsp3) is 0.625. The van der Waals surface area contributed by atoms with Gasteiger partial charge in [0, 0.05) is 29.5 Å². The highest BCUT2D eigenvalue weighted by molar-refractivity contribution is 8.01. The molecule has 6 N–H and O–H groups in total. The summed E-state index contributed by atoms with van der Waals surface area (Å²) in [6.07, 6.45) is 6.66. The molecule has 0 spiro atoms. The molecule has 1 aliphatic carbocycles. The molecule has 2 aliphatic heterocycles. The number of aromatic nitrogens is 5. The SMILES string of the molecule is CN(C)CCn1nnnc1SCC1=C(C(=O)O)N2C(=O)[C@@H](NC(=O)Cc3csc(N)n3)[C@H]2SC1.NC1CCCCC1. The Hall–Kier alpha value is -2.73.